The average molecular weight is 370 g/mol. The number of aryl methyl sites for hydroxylation is 2. The van der Waals surface area contributed by atoms with Crippen LogP contribution < -0.4 is 4.72 Å². The fourth-order valence-corrected chi connectivity index (χ4v) is 3.84. The first-order chi connectivity index (χ1) is 12.4. The summed E-state index contributed by atoms with van der Waals surface area (Å²) in [5.41, 5.74) is 3.27. The zero-order valence-electron chi connectivity index (χ0n) is 14.9. The van der Waals surface area contributed by atoms with Crippen LogP contribution in [0.1, 0.15) is 28.3 Å². The van der Waals surface area contributed by atoms with E-state index < -0.39 is 10.0 Å². The Kier molecular flexibility index (Phi) is 5.49. The second-order valence-corrected chi connectivity index (χ2v) is 8.10. The van der Waals surface area contributed by atoms with Gasteiger partial charge < -0.3 is 0 Å². The molecule has 0 spiro atoms. The fraction of sp³-hybridized carbons (Fsp3) is 0.263. The van der Waals surface area contributed by atoms with Crippen LogP contribution >= 0.6 is 0 Å². The molecule has 0 atom stereocenters. The van der Waals surface area contributed by atoms with Crippen molar-refractivity contribution in [2.75, 3.05) is 6.54 Å². The molecule has 0 saturated heterocycles. The Bertz CT molecular complexity index is 996. The normalized spacial score (nSPS) is 11.6. The number of aromatic nitrogens is 3. The van der Waals surface area contributed by atoms with Gasteiger partial charge >= 0.3 is 0 Å². The van der Waals surface area contributed by atoms with Crippen LogP contribution in [-0.4, -0.2) is 30.1 Å². The summed E-state index contributed by atoms with van der Waals surface area (Å²) in [4.78, 5) is 4.71. The summed E-state index contributed by atoms with van der Waals surface area (Å²) in [6.07, 6.45) is 1.10. The highest BCUT2D eigenvalue weighted by Crippen LogP contribution is 2.11. The smallest absolute Gasteiger partial charge is 0.240 e. The Morgan fingerprint density at radius 2 is 1.77 bits per heavy atom. The van der Waals surface area contributed by atoms with E-state index in [4.69, 9.17) is 0 Å². The minimum atomic E-state index is -3.52. The number of nitrogens with zero attached hydrogens (tertiary/aromatic N) is 2. The molecule has 3 aromatic rings. The van der Waals surface area contributed by atoms with Gasteiger partial charge in [0.2, 0.25) is 10.0 Å². The third kappa shape index (κ3) is 4.77. The number of aromatic amines is 1. The maximum absolute atomic E-state index is 12.3. The zero-order chi connectivity index (χ0) is 18.6. The van der Waals surface area contributed by atoms with Gasteiger partial charge in [0, 0.05) is 19.4 Å². The number of H-pyrrole nitrogens is 1. The number of hydrogen-bond acceptors (Lipinski definition) is 4. The van der Waals surface area contributed by atoms with Gasteiger partial charge in [-0.3, -0.25) is 5.10 Å². The standard InChI is InChI=1S/C19H22N4O2S/c1-14-5-3-7-16(11-14)13-19-21-18(22-23-19)9-10-20-26(24,25)17-8-4-6-15(2)12-17/h3-8,11-12,20H,9-10,13H2,1-2H3,(H,21,22,23). The summed E-state index contributed by atoms with van der Waals surface area (Å²) in [6.45, 7) is 4.16. The molecule has 0 bridgehead atoms. The van der Waals surface area contributed by atoms with Crippen LogP contribution in [-0.2, 0) is 22.9 Å². The van der Waals surface area contributed by atoms with E-state index in [1.165, 1.54) is 5.56 Å². The van der Waals surface area contributed by atoms with E-state index in [0.29, 0.717) is 18.7 Å². The summed E-state index contributed by atoms with van der Waals surface area (Å²) in [7, 11) is -3.52. The molecular formula is C19H22N4O2S. The van der Waals surface area contributed by atoms with Crippen molar-refractivity contribution >= 4 is 10.0 Å². The van der Waals surface area contributed by atoms with Crippen LogP contribution in [0.3, 0.4) is 0 Å². The summed E-state index contributed by atoms with van der Waals surface area (Å²) < 4.78 is 27.2. The summed E-state index contributed by atoms with van der Waals surface area (Å²) in [5, 5.41) is 7.09. The Labute approximate surface area is 153 Å². The predicted octanol–water partition coefficient (Wildman–Crippen LogP) is 2.53. The van der Waals surface area contributed by atoms with Gasteiger partial charge in [-0.15, -0.1) is 0 Å². The molecule has 2 N–H and O–H groups in total. The van der Waals surface area contributed by atoms with Crippen LogP contribution in [0.5, 0.6) is 0 Å². The molecule has 0 fully saturated rings. The highest BCUT2D eigenvalue weighted by Gasteiger charge is 2.14. The highest BCUT2D eigenvalue weighted by molar-refractivity contribution is 7.89. The van der Waals surface area contributed by atoms with Gasteiger partial charge in [-0.05, 0) is 37.1 Å². The first kappa shape index (κ1) is 18.3. The van der Waals surface area contributed by atoms with E-state index in [0.717, 1.165) is 17.0 Å². The molecule has 0 unspecified atom stereocenters. The lowest BCUT2D eigenvalue weighted by Gasteiger charge is -2.06. The van der Waals surface area contributed by atoms with Crippen molar-refractivity contribution < 1.29 is 8.42 Å². The number of benzene rings is 2. The molecule has 136 valence electrons. The summed E-state index contributed by atoms with van der Waals surface area (Å²) in [5.74, 6) is 1.37. The highest BCUT2D eigenvalue weighted by atomic mass is 32.2. The van der Waals surface area contributed by atoms with E-state index in [-0.39, 0.29) is 11.4 Å². The van der Waals surface area contributed by atoms with Crippen molar-refractivity contribution in [1.29, 1.82) is 0 Å². The molecule has 1 aromatic heterocycles. The first-order valence-electron chi connectivity index (χ1n) is 8.44. The minimum absolute atomic E-state index is 0.248. The van der Waals surface area contributed by atoms with Crippen molar-refractivity contribution in [1.82, 2.24) is 19.9 Å². The van der Waals surface area contributed by atoms with Gasteiger partial charge in [0.05, 0.1) is 4.90 Å². The van der Waals surface area contributed by atoms with E-state index in [1.807, 2.05) is 25.1 Å². The third-order valence-electron chi connectivity index (χ3n) is 3.97. The summed E-state index contributed by atoms with van der Waals surface area (Å²) in [6, 6.07) is 15.1. The van der Waals surface area contributed by atoms with E-state index in [1.54, 1.807) is 18.2 Å². The topological polar surface area (TPSA) is 87.7 Å². The zero-order valence-corrected chi connectivity index (χ0v) is 15.7. The molecule has 1 heterocycles. The third-order valence-corrected chi connectivity index (χ3v) is 5.43. The summed E-state index contributed by atoms with van der Waals surface area (Å²) >= 11 is 0. The van der Waals surface area contributed by atoms with Crippen LogP contribution in [0.2, 0.25) is 0 Å². The largest absolute Gasteiger partial charge is 0.263 e. The van der Waals surface area contributed by atoms with E-state index in [2.05, 4.69) is 39.0 Å². The van der Waals surface area contributed by atoms with E-state index in [9.17, 15) is 8.42 Å². The quantitative estimate of drug-likeness (QED) is 0.669. The number of nitrogens with one attached hydrogen (secondary N) is 2. The molecule has 6 nitrogen and oxygen atoms in total. The molecule has 26 heavy (non-hydrogen) atoms. The van der Waals surface area contributed by atoms with Gasteiger partial charge in [0.25, 0.3) is 0 Å². The van der Waals surface area contributed by atoms with Crippen LogP contribution in [0.25, 0.3) is 0 Å². The van der Waals surface area contributed by atoms with Crippen LogP contribution in [0.15, 0.2) is 53.4 Å². The fourth-order valence-electron chi connectivity index (χ4n) is 2.70. The molecule has 3 rings (SSSR count). The Balaban J connectivity index is 1.56. The predicted molar refractivity (Wildman–Crippen MR) is 100 cm³/mol. The van der Waals surface area contributed by atoms with Crippen molar-refractivity contribution in [3.63, 3.8) is 0 Å². The first-order valence-corrected chi connectivity index (χ1v) is 9.93. The lowest BCUT2D eigenvalue weighted by Crippen LogP contribution is -2.26. The van der Waals surface area contributed by atoms with Gasteiger partial charge in [-0.25, -0.2) is 18.1 Å². The SMILES string of the molecule is Cc1cccc(Cc2nc(CCNS(=O)(=O)c3cccc(C)c3)n[nH]2)c1. The minimum Gasteiger partial charge on any atom is -0.263 e. The van der Waals surface area contributed by atoms with E-state index >= 15 is 0 Å². The number of sulfonamides is 1. The molecule has 0 saturated carbocycles. The lowest BCUT2D eigenvalue weighted by atomic mass is 10.1. The monoisotopic (exact) mass is 370 g/mol. The molecule has 7 heteroatoms. The maximum Gasteiger partial charge on any atom is 0.240 e. The Hall–Kier alpha value is -2.51. The molecular weight excluding hydrogens is 348 g/mol. The Morgan fingerprint density at radius 1 is 1.04 bits per heavy atom. The van der Waals surface area contributed by atoms with Gasteiger partial charge in [-0.2, -0.15) is 5.10 Å². The molecule has 0 aliphatic rings. The molecule has 0 amide bonds. The second-order valence-electron chi connectivity index (χ2n) is 6.33. The van der Waals surface area contributed by atoms with Gasteiger partial charge in [0.1, 0.15) is 5.82 Å². The lowest BCUT2D eigenvalue weighted by molar-refractivity contribution is 0.581. The maximum atomic E-state index is 12.3. The van der Waals surface area contributed by atoms with Crippen molar-refractivity contribution in [2.45, 2.75) is 31.6 Å². The molecule has 2 aromatic carbocycles. The average Bonchev–Trinajstić information content (AvgIpc) is 3.02. The van der Waals surface area contributed by atoms with Gasteiger partial charge in [-0.1, -0.05) is 42.0 Å². The van der Waals surface area contributed by atoms with Crippen molar-refractivity contribution in [2.24, 2.45) is 0 Å². The number of rotatable bonds is 7. The molecule has 0 radical (unpaired) electrons. The second kappa shape index (κ2) is 7.80. The Morgan fingerprint density at radius 3 is 2.50 bits per heavy atom. The van der Waals surface area contributed by atoms with Crippen molar-refractivity contribution in [3.8, 4) is 0 Å². The number of hydrogen-bond donors (Lipinski definition) is 2. The van der Waals surface area contributed by atoms with Crippen LogP contribution in [0.4, 0.5) is 0 Å². The molecule has 0 aliphatic carbocycles. The molecule has 0 aliphatic heterocycles. The van der Waals surface area contributed by atoms with Crippen molar-refractivity contribution in [3.05, 3.63) is 76.9 Å². The van der Waals surface area contributed by atoms with Gasteiger partial charge in [0.15, 0.2) is 5.82 Å². The van der Waals surface area contributed by atoms with Crippen LogP contribution in [0, 0.1) is 13.8 Å².